The highest BCUT2D eigenvalue weighted by molar-refractivity contribution is 7.89. The van der Waals surface area contributed by atoms with Gasteiger partial charge in [0.1, 0.15) is 5.82 Å². The minimum atomic E-state index is -4.69. The topological polar surface area (TPSA) is 75.3 Å². The summed E-state index contributed by atoms with van der Waals surface area (Å²) in [5, 5.41) is 2.31. The van der Waals surface area contributed by atoms with Crippen LogP contribution in [-0.2, 0) is 27.5 Å². The zero-order chi connectivity index (χ0) is 19.4. The van der Waals surface area contributed by atoms with Gasteiger partial charge in [0.25, 0.3) is 0 Å². The molecule has 26 heavy (non-hydrogen) atoms. The van der Waals surface area contributed by atoms with Gasteiger partial charge in [-0.1, -0.05) is 24.3 Å². The molecule has 1 amide bonds. The zero-order valence-corrected chi connectivity index (χ0v) is 14.0. The summed E-state index contributed by atoms with van der Waals surface area (Å²) in [5.74, 6) is -1.29. The van der Waals surface area contributed by atoms with E-state index in [1.165, 1.54) is 18.2 Å². The van der Waals surface area contributed by atoms with E-state index in [4.69, 9.17) is 0 Å². The fraction of sp³-hybridized carbons (Fsp3) is 0.188. The van der Waals surface area contributed by atoms with Crippen LogP contribution >= 0.6 is 0 Å². The van der Waals surface area contributed by atoms with Crippen molar-refractivity contribution in [2.75, 3.05) is 6.54 Å². The Balaban J connectivity index is 1.97. The largest absolute Gasteiger partial charge is 0.416 e. The van der Waals surface area contributed by atoms with E-state index >= 15 is 0 Å². The van der Waals surface area contributed by atoms with Gasteiger partial charge in [-0.2, -0.15) is 13.2 Å². The van der Waals surface area contributed by atoms with Gasteiger partial charge >= 0.3 is 6.18 Å². The van der Waals surface area contributed by atoms with Crippen molar-refractivity contribution in [3.63, 3.8) is 0 Å². The molecular weight excluding hydrogens is 376 g/mol. The van der Waals surface area contributed by atoms with Crippen molar-refractivity contribution >= 4 is 15.9 Å². The average Bonchev–Trinajstić information content (AvgIpc) is 2.59. The van der Waals surface area contributed by atoms with Gasteiger partial charge in [0.15, 0.2) is 0 Å². The quantitative estimate of drug-likeness (QED) is 0.744. The SMILES string of the molecule is O=C(CNS(=O)(=O)c1cccc(C(F)(F)F)c1)NCc1ccccc1F. The van der Waals surface area contributed by atoms with Gasteiger partial charge in [0, 0.05) is 12.1 Å². The second-order valence-electron chi connectivity index (χ2n) is 5.22. The van der Waals surface area contributed by atoms with Crippen molar-refractivity contribution in [2.45, 2.75) is 17.6 Å². The van der Waals surface area contributed by atoms with Crippen LogP contribution in [0.1, 0.15) is 11.1 Å². The molecule has 0 radical (unpaired) electrons. The molecule has 0 aromatic heterocycles. The van der Waals surface area contributed by atoms with E-state index in [1.807, 2.05) is 4.72 Å². The summed E-state index contributed by atoms with van der Waals surface area (Å²) in [5.41, 5.74) is -0.911. The van der Waals surface area contributed by atoms with Gasteiger partial charge in [-0.3, -0.25) is 4.79 Å². The van der Waals surface area contributed by atoms with Gasteiger partial charge < -0.3 is 5.32 Å². The average molecular weight is 390 g/mol. The van der Waals surface area contributed by atoms with Crippen molar-refractivity contribution in [2.24, 2.45) is 0 Å². The molecule has 2 aromatic rings. The molecule has 5 nitrogen and oxygen atoms in total. The van der Waals surface area contributed by atoms with Crippen LogP contribution in [0.15, 0.2) is 53.4 Å². The van der Waals surface area contributed by atoms with E-state index in [0.29, 0.717) is 6.07 Å². The Morgan fingerprint density at radius 3 is 2.38 bits per heavy atom. The Hall–Kier alpha value is -2.46. The van der Waals surface area contributed by atoms with Crippen molar-refractivity contribution in [1.82, 2.24) is 10.0 Å². The number of hydrogen-bond donors (Lipinski definition) is 2. The molecule has 0 unspecified atom stereocenters. The van der Waals surface area contributed by atoms with Gasteiger partial charge in [0.05, 0.1) is 17.0 Å². The molecule has 0 saturated carbocycles. The Labute approximate surface area is 147 Å². The van der Waals surface area contributed by atoms with Crippen molar-refractivity contribution in [3.05, 3.63) is 65.5 Å². The number of rotatable bonds is 6. The third-order valence-electron chi connectivity index (χ3n) is 3.33. The Kier molecular flexibility index (Phi) is 5.98. The summed E-state index contributed by atoms with van der Waals surface area (Å²) >= 11 is 0. The Bertz CT molecular complexity index is 898. The molecule has 0 fully saturated rings. The molecule has 0 aliphatic rings. The molecule has 0 aliphatic carbocycles. The molecule has 0 spiro atoms. The maximum absolute atomic E-state index is 13.4. The third-order valence-corrected chi connectivity index (χ3v) is 4.73. The first-order chi connectivity index (χ1) is 12.1. The normalized spacial score (nSPS) is 12.0. The van der Waals surface area contributed by atoms with Crippen LogP contribution < -0.4 is 10.0 Å². The first-order valence-electron chi connectivity index (χ1n) is 7.26. The molecule has 0 atom stereocenters. The predicted octanol–water partition coefficient (Wildman–Crippen LogP) is 2.44. The molecule has 10 heteroatoms. The van der Waals surface area contributed by atoms with Crippen molar-refractivity contribution < 1.29 is 30.8 Å². The van der Waals surface area contributed by atoms with Crippen molar-refractivity contribution in [3.8, 4) is 0 Å². The predicted molar refractivity (Wildman–Crippen MR) is 84.9 cm³/mol. The van der Waals surface area contributed by atoms with E-state index in [9.17, 15) is 30.8 Å². The Morgan fingerprint density at radius 1 is 1.04 bits per heavy atom. The number of sulfonamides is 1. The number of amides is 1. The minimum Gasteiger partial charge on any atom is -0.351 e. The van der Waals surface area contributed by atoms with Crippen LogP contribution in [-0.4, -0.2) is 20.9 Å². The number of carbonyl (C=O) groups is 1. The van der Waals surface area contributed by atoms with Crippen LogP contribution in [0.3, 0.4) is 0 Å². The zero-order valence-electron chi connectivity index (χ0n) is 13.2. The van der Waals surface area contributed by atoms with Crippen LogP contribution in [0.25, 0.3) is 0 Å². The van der Waals surface area contributed by atoms with E-state index in [-0.39, 0.29) is 12.1 Å². The van der Waals surface area contributed by atoms with E-state index in [2.05, 4.69) is 5.32 Å². The van der Waals surface area contributed by atoms with E-state index in [1.54, 1.807) is 6.07 Å². The lowest BCUT2D eigenvalue weighted by atomic mass is 10.2. The number of benzene rings is 2. The maximum atomic E-state index is 13.4. The molecule has 0 saturated heterocycles. The number of nitrogens with one attached hydrogen (secondary N) is 2. The van der Waals surface area contributed by atoms with Gasteiger partial charge in [0.2, 0.25) is 15.9 Å². The smallest absolute Gasteiger partial charge is 0.351 e. The molecule has 2 aromatic carbocycles. The Morgan fingerprint density at radius 2 is 1.73 bits per heavy atom. The minimum absolute atomic E-state index is 0.156. The van der Waals surface area contributed by atoms with Gasteiger partial charge in [-0.05, 0) is 24.3 Å². The lowest BCUT2D eigenvalue weighted by molar-refractivity contribution is -0.137. The second-order valence-corrected chi connectivity index (χ2v) is 6.99. The molecule has 2 N–H and O–H groups in total. The lowest BCUT2D eigenvalue weighted by Gasteiger charge is -2.11. The third kappa shape index (κ3) is 5.27. The fourth-order valence-corrected chi connectivity index (χ4v) is 3.01. The standard InChI is InChI=1S/C16H14F4N2O3S/c17-14-7-2-1-4-11(14)9-21-15(23)10-22-26(24,25)13-6-3-5-12(8-13)16(18,19)20/h1-8,22H,9-10H2,(H,21,23). The summed E-state index contributed by atoms with van der Waals surface area (Å²) in [6, 6.07) is 8.84. The molecule has 0 aliphatic heterocycles. The first kappa shape index (κ1) is 19.9. The lowest BCUT2D eigenvalue weighted by Crippen LogP contribution is -2.36. The number of hydrogen-bond acceptors (Lipinski definition) is 3. The van der Waals surface area contributed by atoms with Crippen LogP contribution in [0, 0.1) is 5.82 Å². The summed E-state index contributed by atoms with van der Waals surface area (Å²) in [6.07, 6.45) is -4.69. The molecule has 140 valence electrons. The fourth-order valence-electron chi connectivity index (χ4n) is 1.98. The number of halogens is 4. The highest BCUT2D eigenvalue weighted by atomic mass is 32.2. The van der Waals surface area contributed by atoms with Crippen LogP contribution in [0.5, 0.6) is 0 Å². The monoisotopic (exact) mass is 390 g/mol. The summed E-state index contributed by atoms with van der Waals surface area (Å²) < 4.78 is 77.3. The molecule has 0 heterocycles. The van der Waals surface area contributed by atoms with Gasteiger partial charge in [-0.25, -0.2) is 17.5 Å². The second kappa shape index (κ2) is 7.83. The highest BCUT2D eigenvalue weighted by Crippen LogP contribution is 2.30. The molecular formula is C16H14F4N2O3S. The maximum Gasteiger partial charge on any atom is 0.416 e. The van der Waals surface area contributed by atoms with E-state index < -0.39 is 44.9 Å². The van der Waals surface area contributed by atoms with Gasteiger partial charge in [-0.15, -0.1) is 0 Å². The molecule has 2 rings (SSSR count). The highest BCUT2D eigenvalue weighted by Gasteiger charge is 2.31. The number of alkyl halides is 3. The summed E-state index contributed by atoms with van der Waals surface area (Å²) in [4.78, 5) is 11.1. The number of carbonyl (C=O) groups excluding carboxylic acids is 1. The summed E-state index contributed by atoms with van der Waals surface area (Å²) in [7, 11) is -4.31. The summed E-state index contributed by atoms with van der Waals surface area (Å²) in [6.45, 7) is -0.857. The van der Waals surface area contributed by atoms with Crippen LogP contribution in [0.2, 0.25) is 0 Å². The first-order valence-corrected chi connectivity index (χ1v) is 8.75. The van der Waals surface area contributed by atoms with Crippen LogP contribution in [0.4, 0.5) is 17.6 Å². The van der Waals surface area contributed by atoms with E-state index in [0.717, 1.165) is 18.2 Å². The van der Waals surface area contributed by atoms with Crippen molar-refractivity contribution in [1.29, 1.82) is 0 Å². The molecule has 0 bridgehead atoms.